The third-order valence-electron chi connectivity index (χ3n) is 5.93. The second-order valence-corrected chi connectivity index (χ2v) is 8.12. The van der Waals surface area contributed by atoms with E-state index in [0.717, 1.165) is 58.0 Å². The predicted octanol–water partition coefficient (Wildman–Crippen LogP) is 2.76. The fourth-order valence-corrected chi connectivity index (χ4v) is 4.10. The van der Waals surface area contributed by atoms with Gasteiger partial charge in [0.05, 0.1) is 0 Å². The number of nitrogens with zero attached hydrogens (tertiary/aromatic N) is 1. The van der Waals surface area contributed by atoms with Gasteiger partial charge in [0.2, 0.25) is 5.91 Å². The highest BCUT2D eigenvalue weighted by Gasteiger charge is 2.24. The first-order chi connectivity index (χ1) is 12.6. The largest absolute Gasteiger partial charge is 0.343 e. The van der Waals surface area contributed by atoms with E-state index in [0.29, 0.717) is 24.9 Å². The van der Waals surface area contributed by atoms with Crippen LogP contribution in [0.3, 0.4) is 0 Å². The summed E-state index contributed by atoms with van der Waals surface area (Å²) in [5.74, 6) is 0.834. The van der Waals surface area contributed by atoms with E-state index in [-0.39, 0.29) is 18.0 Å². The summed E-state index contributed by atoms with van der Waals surface area (Å²) in [6.45, 7) is 4.46. The summed E-state index contributed by atoms with van der Waals surface area (Å²) < 4.78 is 0. The molecule has 1 unspecified atom stereocenters. The zero-order valence-corrected chi connectivity index (χ0v) is 16.5. The molecule has 6 heteroatoms. The van der Waals surface area contributed by atoms with Crippen LogP contribution in [0.4, 0.5) is 4.79 Å². The molecule has 1 atom stereocenters. The second kappa shape index (κ2) is 11.4. The van der Waals surface area contributed by atoms with Gasteiger partial charge in [-0.1, -0.05) is 25.7 Å². The number of hydrogen-bond acceptors (Lipinski definition) is 3. The molecule has 1 saturated heterocycles. The topological polar surface area (TPSA) is 87.5 Å². The third kappa shape index (κ3) is 7.52. The summed E-state index contributed by atoms with van der Waals surface area (Å²) in [5.41, 5.74) is 5.95. The van der Waals surface area contributed by atoms with Crippen LogP contribution >= 0.6 is 0 Å². The van der Waals surface area contributed by atoms with Crippen molar-refractivity contribution in [2.24, 2.45) is 11.7 Å². The maximum absolute atomic E-state index is 12.3. The summed E-state index contributed by atoms with van der Waals surface area (Å²) >= 11 is 0. The van der Waals surface area contributed by atoms with Gasteiger partial charge in [0.1, 0.15) is 0 Å². The standard InChI is InChI=1S/C20H38N4O2/c1-16(21)17-11-14-24(15-12-17)19(25)10-6-3-7-13-22-20(26)23-18-8-4-2-5-9-18/h16-18H,2-15,21H2,1H3,(H2,22,23,26). The lowest BCUT2D eigenvalue weighted by molar-refractivity contribution is -0.132. The quantitative estimate of drug-likeness (QED) is 0.577. The van der Waals surface area contributed by atoms with E-state index >= 15 is 0 Å². The molecule has 0 aromatic rings. The first-order valence-electron chi connectivity index (χ1n) is 10.6. The van der Waals surface area contributed by atoms with E-state index in [9.17, 15) is 9.59 Å². The molecule has 0 spiro atoms. The van der Waals surface area contributed by atoms with Crippen molar-refractivity contribution in [1.82, 2.24) is 15.5 Å². The summed E-state index contributed by atoms with van der Waals surface area (Å²) in [7, 11) is 0. The summed E-state index contributed by atoms with van der Waals surface area (Å²) in [4.78, 5) is 26.1. The molecule has 0 radical (unpaired) electrons. The van der Waals surface area contributed by atoms with E-state index in [1.165, 1.54) is 19.3 Å². The predicted molar refractivity (Wildman–Crippen MR) is 105 cm³/mol. The Kier molecular flexibility index (Phi) is 9.23. The van der Waals surface area contributed by atoms with Crippen molar-refractivity contribution >= 4 is 11.9 Å². The molecule has 6 nitrogen and oxygen atoms in total. The van der Waals surface area contributed by atoms with E-state index in [1.807, 2.05) is 4.90 Å². The monoisotopic (exact) mass is 366 g/mol. The molecule has 2 rings (SSSR count). The number of rotatable bonds is 8. The lowest BCUT2D eigenvalue weighted by Gasteiger charge is -2.33. The van der Waals surface area contributed by atoms with Crippen molar-refractivity contribution in [1.29, 1.82) is 0 Å². The minimum absolute atomic E-state index is 0.0371. The molecular formula is C20H38N4O2. The molecule has 0 bridgehead atoms. The molecule has 0 aromatic carbocycles. The molecule has 150 valence electrons. The maximum atomic E-state index is 12.3. The fraction of sp³-hybridized carbons (Fsp3) is 0.900. The van der Waals surface area contributed by atoms with Gasteiger partial charge in [-0.15, -0.1) is 0 Å². The van der Waals surface area contributed by atoms with E-state index in [4.69, 9.17) is 5.73 Å². The second-order valence-electron chi connectivity index (χ2n) is 8.12. The van der Waals surface area contributed by atoms with Gasteiger partial charge in [-0.3, -0.25) is 4.79 Å². The number of unbranched alkanes of at least 4 members (excludes halogenated alkanes) is 2. The van der Waals surface area contributed by atoms with E-state index in [2.05, 4.69) is 17.6 Å². The highest BCUT2D eigenvalue weighted by atomic mass is 16.2. The fourth-order valence-electron chi connectivity index (χ4n) is 4.10. The summed E-state index contributed by atoms with van der Waals surface area (Å²) in [6, 6.07) is 0.549. The average Bonchev–Trinajstić information content (AvgIpc) is 2.65. The third-order valence-corrected chi connectivity index (χ3v) is 5.93. The maximum Gasteiger partial charge on any atom is 0.315 e. The normalized spacial score (nSPS) is 20.6. The molecule has 1 saturated carbocycles. The van der Waals surface area contributed by atoms with Crippen LogP contribution in [-0.4, -0.2) is 48.6 Å². The van der Waals surface area contributed by atoms with Crippen molar-refractivity contribution in [3.63, 3.8) is 0 Å². The highest BCUT2D eigenvalue weighted by molar-refractivity contribution is 5.76. The molecule has 0 aromatic heterocycles. The van der Waals surface area contributed by atoms with Gasteiger partial charge in [0, 0.05) is 38.1 Å². The van der Waals surface area contributed by atoms with Gasteiger partial charge < -0.3 is 21.3 Å². The van der Waals surface area contributed by atoms with Crippen molar-refractivity contribution in [2.45, 2.75) is 89.6 Å². The Morgan fingerprint density at radius 3 is 2.38 bits per heavy atom. The van der Waals surface area contributed by atoms with Gasteiger partial charge in [-0.2, -0.15) is 0 Å². The number of nitrogens with two attached hydrogens (primary N) is 1. The van der Waals surface area contributed by atoms with Gasteiger partial charge in [-0.05, 0) is 51.4 Å². The van der Waals surface area contributed by atoms with Crippen molar-refractivity contribution in [3.8, 4) is 0 Å². The number of likely N-dealkylation sites (tertiary alicyclic amines) is 1. The number of amides is 3. The Morgan fingerprint density at radius 1 is 1.04 bits per heavy atom. The number of nitrogens with one attached hydrogen (secondary N) is 2. The number of carbonyl (C=O) groups excluding carboxylic acids is 2. The Labute approximate surface area is 158 Å². The molecule has 1 heterocycles. The van der Waals surface area contributed by atoms with Crippen LogP contribution in [0.2, 0.25) is 0 Å². The smallest absolute Gasteiger partial charge is 0.315 e. The summed E-state index contributed by atoms with van der Waals surface area (Å²) in [5, 5.41) is 6.00. The van der Waals surface area contributed by atoms with Crippen LogP contribution in [0, 0.1) is 5.92 Å². The SMILES string of the molecule is CC(N)C1CCN(C(=O)CCCCCNC(=O)NC2CCCCC2)CC1. The van der Waals surface area contributed by atoms with Gasteiger partial charge in [0.25, 0.3) is 0 Å². The van der Waals surface area contributed by atoms with Crippen molar-refractivity contribution < 1.29 is 9.59 Å². The van der Waals surface area contributed by atoms with Crippen molar-refractivity contribution in [2.75, 3.05) is 19.6 Å². The van der Waals surface area contributed by atoms with Gasteiger partial charge in [-0.25, -0.2) is 4.79 Å². The van der Waals surface area contributed by atoms with E-state index in [1.54, 1.807) is 0 Å². The van der Waals surface area contributed by atoms with E-state index < -0.39 is 0 Å². The Bertz CT molecular complexity index is 428. The van der Waals surface area contributed by atoms with Crippen LogP contribution in [0.5, 0.6) is 0 Å². The Hall–Kier alpha value is -1.30. The van der Waals surface area contributed by atoms with Crippen LogP contribution in [0.15, 0.2) is 0 Å². The molecule has 26 heavy (non-hydrogen) atoms. The number of piperidine rings is 1. The molecule has 1 aliphatic heterocycles. The van der Waals surface area contributed by atoms with Crippen LogP contribution in [-0.2, 0) is 4.79 Å². The first-order valence-corrected chi connectivity index (χ1v) is 10.6. The molecular weight excluding hydrogens is 328 g/mol. The number of urea groups is 1. The van der Waals surface area contributed by atoms with Crippen molar-refractivity contribution in [3.05, 3.63) is 0 Å². The molecule has 2 fully saturated rings. The molecule has 2 aliphatic rings. The lowest BCUT2D eigenvalue weighted by Crippen LogP contribution is -2.43. The average molecular weight is 367 g/mol. The first kappa shape index (κ1) is 21.0. The number of carbonyl (C=O) groups is 2. The highest BCUT2D eigenvalue weighted by Crippen LogP contribution is 2.20. The summed E-state index contributed by atoms with van der Waals surface area (Å²) in [6.07, 6.45) is 11.5. The Morgan fingerprint density at radius 2 is 1.73 bits per heavy atom. The van der Waals surface area contributed by atoms with Gasteiger partial charge in [0.15, 0.2) is 0 Å². The lowest BCUT2D eigenvalue weighted by atomic mass is 9.91. The van der Waals surface area contributed by atoms with Crippen LogP contribution in [0.25, 0.3) is 0 Å². The number of hydrogen-bond donors (Lipinski definition) is 3. The zero-order valence-electron chi connectivity index (χ0n) is 16.5. The van der Waals surface area contributed by atoms with Crippen LogP contribution in [0.1, 0.15) is 77.6 Å². The molecule has 3 amide bonds. The van der Waals surface area contributed by atoms with Gasteiger partial charge >= 0.3 is 6.03 Å². The van der Waals surface area contributed by atoms with Crippen LogP contribution < -0.4 is 16.4 Å². The minimum Gasteiger partial charge on any atom is -0.343 e. The Balaban J connectivity index is 1.46. The minimum atomic E-state index is -0.0371. The zero-order chi connectivity index (χ0) is 18.8. The molecule has 1 aliphatic carbocycles. The molecule has 4 N–H and O–H groups in total.